The van der Waals surface area contributed by atoms with Crippen molar-refractivity contribution < 1.29 is 50.3 Å². The van der Waals surface area contributed by atoms with Gasteiger partial charge in [0.25, 0.3) is 1.43 Å². The van der Waals surface area contributed by atoms with Gasteiger partial charge >= 0.3 is 11.9 Å². The first-order valence-electron chi connectivity index (χ1n) is 23.4. The number of ether oxygens (including phenoxy) is 1. The van der Waals surface area contributed by atoms with Crippen molar-refractivity contribution in [3.05, 3.63) is 34.8 Å². The molecule has 1 heterocycles. The fourth-order valence-corrected chi connectivity index (χ4v) is 4.68. The van der Waals surface area contributed by atoms with Gasteiger partial charge in [-0.25, -0.2) is 4.79 Å². The summed E-state index contributed by atoms with van der Waals surface area (Å²) in [6.07, 6.45) is -14.7. The van der Waals surface area contributed by atoms with E-state index in [0.717, 1.165) is 34.6 Å². The number of carboxylic acid groups (broad SMARTS) is 1. The van der Waals surface area contributed by atoms with Gasteiger partial charge in [-0.05, 0) is 98.4 Å². The van der Waals surface area contributed by atoms with Gasteiger partial charge in [0.1, 0.15) is 13.0 Å². The van der Waals surface area contributed by atoms with Crippen LogP contribution in [0.1, 0.15) is 142 Å². The number of nitrogens with one attached hydrogen (secondary N) is 1. The number of nitrogens with zero attached hydrogens (tertiary/aromatic N) is 1. The second-order valence-corrected chi connectivity index (χ2v) is 12.2. The normalized spacial score (nSPS) is 42.9. The van der Waals surface area contributed by atoms with Crippen LogP contribution in [0.4, 0.5) is 0 Å². The Morgan fingerprint density at radius 1 is 1.26 bits per heavy atom. The molecular weight excluding hydrogens is 528 g/mol. The van der Waals surface area contributed by atoms with Crippen LogP contribution in [0.25, 0.3) is 1.43 Å². The average molecular weight is 605 g/mol. The molecule has 1 saturated carbocycles. The molecule has 1 aromatic rings. The summed E-state index contributed by atoms with van der Waals surface area (Å²) in [7, 11) is 0. The molecule has 7 heteroatoms. The Labute approximate surface area is 282 Å². The summed E-state index contributed by atoms with van der Waals surface area (Å²) in [5, 5.41) is 3.59. The van der Waals surface area contributed by atoms with Crippen molar-refractivity contribution in [3.63, 3.8) is 0 Å². The molecule has 1 aliphatic carbocycles. The Balaban J connectivity index is 2.70. The summed E-state index contributed by atoms with van der Waals surface area (Å²) in [6, 6.07) is -9.85. The van der Waals surface area contributed by atoms with Crippen molar-refractivity contribution in [2.75, 3.05) is 6.56 Å². The Bertz CT molecular complexity index is 2040. The monoisotopic (exact) mass is 605 g/mol. The lowest BCUT2D eigenvalue weighted by molar-refractivity contribution is -0.159. The SMILES string of the molecule is [2H]OC(=O)[C@@]1([2H])N(C(=O)[C@@](C)(N([2H])[C@](C)(C(=O)OC([2H])([2H])C([2H])(C)C)C([2H])([2H])C([2H])(C)c2c([2H])c([2H])c(C)c(C)c2[2H])C([2H])([2H])C)[C@@]2([2H])C(C)(C)C(C)(C)C([2H])([2H])[C@@]2([2H])C1([2H])[2H]. The third kappa shape index (κ3) is 6.27. The summed E-state index contributed by atoms with van der Waals surface area (Å²) in [4.78, 5) is 44.0. The molecule has 1 unspecified atom stereocenters. The van der Waals surface area contributed by atoms with E-state index in [1.165, 1.54) is 27.7 Å². The van der Waals surface area contributed by atoms with Crippen LogP contribution in [0.3, 0.4) is 0 Å². The standard InChI is InChI=1S/C35H56N2O5/c1-13-34(11,30(40)37-27(29(38)39)17-26-19-32(7,8)33(9,10)28(26)37)36-35(12,31(41)42-20-21(2)3)18-24(6)25-15-14-22(4)23(5)16-25/h14-16,21,24,26-28,36H,13,17-20H2,1-12H3,(H,38,39)/t24?,26-,27+,28-,34+,35+/m1/s1/i13D2,14D,15D,16D,17D2,18D2,19D2,20D2,21D,24D,26D,27D,28D/hD2. The smallest absolute Gasteiger partial charge is 0.326 e. The molecular formula is C35H56N2O5. The van der Waals surface area contributed by atoms with Crippen LogP contribution in [-0.4, -0.2) is 57.5 Å². The van der Waals surface area contributed by atoms with Crippen molar-refractivity contribution >= 4 is 17.8 Å². The Morgan fingerprint density at radius 3 is 2.48 bits per heavy atom. The van der Waals surface area contributed by atoms with E-state index in [-0.39, 0.29) is 16.0 Å². The highest BCUT2D eigenvalue weighted by atomic mass is 16.5. The van der Waals surface area contributed by atoms with E-state index >= 15 is 4.79 Å². The van der Waals surface area contributed by atoms with Gasteiger partial charge in [0.05, 0.1) is 21.7 Å². The van der Waals surface area contributed by atoms with E-state index in [1.807, 2.05) is 0 Å². The van der Waals surface area contributed by atoms with Crippen LogP contribution in [0.15, 0.2) is 18.1 Å². The second-order valence-electron chi connectivity index (χ2n) is 12.2. The minimum atomic E-state index is -4.17. The van der Waals surface area contributed by atoms with Crippen molar-refractivity contribution in [1.29, 1.82) is 1.43 Å². The molecule has 2 aliphatic rings. The van der Waals surface area contributed by atoms with Crippen LogP contribution >= 0.6 is 0 Å². The molecule has 0 aromatic heterocycles. The molecule has 42 heavy (non-hydrogen) atoms. The van der Waals surface area contributed by atoms with Crippen LogP contribution in [0, 0.1) is 36.5 Å². The zero-order chi connectivity index (χ0) is 49.8. The summed E-state index contributed by atoms with van der Waals surface area (Å²) < 4.78 is 186. The van der Waals surface area contributed by atoms with Crippen molar-refractivity contribution in [1.82, 2.24) is 10.2 Å². The average Bonchev–Trinajstić information content (AvgIpc) is 3.26. The number of likely N-dealkylation sites (tertiary alicyclic amines) is 1. The first-order valence-corrected chi connectivity index (χ1v) is 13.6. The highest BCUT2D eigenvalue weighted by Crippen LogP contribution is 2.61. The quantitative estimate of drug-likeness (QED) is 0.275. The Kier molecular flexibility index (Phi) is 4.42. The number of hydrogen-bond donors (Lipinski definition) is 2. The molecule has 1 aliphatic heterocycles. The summed E-state index contributed by atoms with van der Waals surface area (Å²) in [6.45, 7) is 7.98. The molecule has 1 aromatic carbocycles. The molecule has 6 atom stereocenters. The maximum atomic E-state index is 15.8. The number of carbonyl (C=O) groups excluding carboxylic acids is 2. The largest absolute Gasteiger partial charge is 0.480 e. The summed E-state index contributed by atoms with van der Waals surface area (Å²) >= 11 is 0. The highest BCUT2D eigenvalue weighted by Gasteiger charge is 2.64. The minimum Gasteiger partial charge on any atom is -0.480 e. The number of carboxylic acids is 1. The van der Waals surface area contributed by atoms with Crippen molar-refractivity contribution in [3.8, 4) is 0 Å². The zero-order valence-corrected chi connectivity index (χ0v) is 26.4. The van der Waals surface area contributed by atoms with Gasteiger partial charge in [0.15, 0.2) is 0 Å². The van der Waals surface area contributed by atoms with Gasteiger partial charge in [-0.2, -0.15) is 0 Å². The molecule has 1 amide bonds. The molecule has 2 N–H and O–H groups in total. The number of hydrogen-bond acceptors (Lipinski definition) is 6. The molecule has 0 spiro atoms. The second kappa shape index (κ2) is 11.9. The topological polar surface area (TPSA) is 95.9 Å². The maximum absolute atomic E-state index is 15.8. The molecule has 0 bridgehead atoms. The van der Waals surface area contributed by atoms with Gasteiger partial charge in [-0.3, -0.25) is 14.9 Å². The fourth-order valence-electron chi connectivity index (χ4n) is 4.68. The third-order valence-electron chi connectivity index (χ3n) is 8.07. The van der Waals surface area contributed by atoms with E-state index in [2.05, 4.69) is 5.11 Å². The molecule has 7 nitrogen and oxygen atoms in total. The Hall–Kier alpha value is -2.41. The van der Waals surface area contributed by atoms with Crippen LogP contribution in [0.5, 0.6) is 0 Å². The van der Waals surface area contributed by atoms with Crippen molar-refractivity contribution in [2.45, 2.75) is 138 Å². The number of benzene rings is 1. The zero-order valence-electron chi connectivity index (χ0n) is 46.4. The number of fused-ring (bicyclic) bond motifs is 1. The number of carbonyl (C=O) groups is 3. The van der Waals surface area contributed by atoms with Crippen LogP contribution in [-0.2, 0) is 19.1 Å². The van der Waals surface area contributed by atoms with Gasteiger partial charge < -0.3 is 14.7 Å². The number of amides is 1. The summed E-state index contributed by atoms with van der Waals surface area (Å²) in [5.74, 6) is -16.0. The lowest BCUT2D eigenvalue weighted by atomic mass is 9.68. The van der Waals surface area contributed by atoms with E-state index in [9.17, 15) is 19.2 Å². The van der Waals surface area contributed by atoms with Crippen LogP contribution in [0.2, 0.25) is 1.41 Å². The first-order chi connectivity index (χ1) is 27.0. The maximum Gasteiger partial charge on any atom is 0.326 e. The van der Waals surface area contributed by atoms with E-state index in [4.69, 9.17) is 22.6 Å². The molecule has 1 saturated heterocycles. The highest BCUT2D eigenvalue weighted by molar-refractivity contribution is 5.92. The third-order valence-corrected chi connectivity index (χ3v) is 8.07. The van der Waals surface area contributed by atoms with Crippen molar-refractivity contribution in [2.24, 2.45) is 22.6 Å². The first kappa shape index (κ1) is 15.5. The number of aliphatic carboxylic acids is 1. The van der Waals surface area contributed by atoms with Gasteiger partial charge in [-0.1, -0.05) is 73.5 Å². The lowest BCUT2D eigenvalue weighted by Gasteiger charge is -2.47. The molecule has 2 fully saturated rings. The lowest BCUT2D eigenvalue weighted by Crippen LogP contribution is -2.68. The van der Waals surface area contributed by atoms with Crippen LogP contribution < -0.4 is 5.31 Å². The van der Waals surface area contributed by atoms with E-state index in [1.54, 1.807) is 0 Å². The predicted molar refractivity (Wildman–Crippen MR) is 167 cm³/mol. The van der Waals surface area contributed by atoms with Gasteiger partial charge in [-0.15, -0.1) is 0 Å². The predicted octanol–water partition coefficient (Wildman–Crippen LogP) is 6.64. The van der Waals surface area contributed by atoms with E-state index in [0.29, 0.717) is 20.8 Å². The number of esters is 1. The fraction of sp³-hybridized carbons (Fsp3) is 0.743. The summed E-state index contributed by atoms with van der Waals surface area (Å²) in [5.41, 5.74) is -12.6. The molecule has 0 radical (unpaired) electrons. The van der Waals surface area contributed by atoms with Gasteiger partial charge in [0, 0.05) is 21.1 Å². The van der Waals surface area contributed by atoms with E-state index < -0.39 is 131 Å². The number of rotatable bonds is 11. The minimum absolute atomic E-state index is 0.0163. The molecule has 236 valence electrons. The molecule has 3 rings (SSSR count). The Morgan fingerprint density at radius 2 is 1.90 bits per heavy atom. The van der Waals surface area contributed by atoms with Gasteiger partial charge in [0.2, 0.25) is 5.91 Å².